The number of amides is 1. The lowest BCUT2D eigenvalue weighted by Gasteiger charge is -2.37. The zero-order valence-electron chi connectivity index (χ0n) is 22.2. The maximum absolute atomic E-state index is 13.5. The first-order valence-corrected chi connectivity index (χ1v) is 12.5. The van der Waals surface area contributed by atoms with Gasteiger partial charge in [0.2, 0.25) is 12.7 Å². The molecule has 3 atom stereocenters. The summed E-state index contributed by atoms with van der Waals surface area (Å²) in [5, 5.41) is 9.87. The lowest BCUT2D eigenvalue weighted by Crippen LogP contribution is -2.49. The van der Waals surface area contributed by atoms with Gasteiger partial charge in [-0.15, -0.1) is 0 Å². The lowest BCUT2D eigenvalue weighted by molar-refractivity contribution is 0.0325. The molecule has 0 bridgehead atoms. The molecule has 3 heterocycles. The molecule has 2 aromatic rings. The first kappa shape index (κ1) is 26.7. The average Bonchev–Trinajstić information content (AvgIpc) is 3.33. The molecule has 9 nitrogen and oxygen atoms in total. The number of ether oxygens (including phenoxy) is 3. The molecule has 0 fully saturated rings. The monoisotopic (exact) mass is 508 g/mol. The first-order valence-electron chi connectivity index (χ1n) is 12.5. The van der Waals surface area contributed by atoms with Crippen LogP contribution in [0.1, 0.15) is 35.3 Å². The van der Waals surface area contributed by atoms with E-state index < -0.39 is 0 Å². The Morgan fingerprint density at radius 3 is 2.76 bits per heavy atom. The second-order valence-corrected chi connectivity index (χ2v) is 10.1. The molecule has 0 spiro atoms. The predicted octanol–water partition coefficient (Wildman–Crippen LogP) is 2.08. The van der Waals surface area contributed by atoms with Gasteiger partial charge in [0.25, 0.3) is 5.91 Å². The summed E-state index contributed by atoms with van der Waals surface area (Å²) in [5.74, 6) is 7.78. The number of carbonyl (C=O) groups is 1. The van der Waals surface area contributed by atoms with Gasteiger partial charge in [-0.25, -0.2) is 4.98 Å². The SMILES string of the molecule is C[C@H](CO)N1C[C@H](C)[C@@H](CN(C)Cc2ccc3c(c2)OCO3)Oc2ncc(C#CCN(C)C)cc2C1=O. The third-order valence-electron chi connectivity index (χ3n) is 6.53. The third-order valence-corrected chi connectivity index (χ3v) is 6.53. The van der Waals surface area contributed by atoms with Crippen molar-refractivity contribution in [3.05, 3.63) is 47.2 Å². The second kappa shape index (κ2) is 11.8. The number of aliphatic hydroxyl groups excluding tert-OH is 1. The Morgan fingerprint density at radius 2 is 2.00 bits per heavy atom. The second-order valence-electron chi connectivity index (χ2n) is 10.1. The fourth-order valence-electron chi connectivity index (χ4n) is 4.41. The quantitative estimate of drug-likeness (QED) is 0.569. The molecule has 9 heteroatoms. The minimum Gasteiger partial charge on any atom is -0.472 e. The highest BCUT2D eigenvalue weighted by Gasteiger charge is 2.34. The van der Waals surface area contributed by atoms with Crippen LogP contribution >= 0.6 is 0 Å². The van der Waals surface area contributed by atoms with Gasteiger partial charge in [-0.05, 0) is 51.8 Å². The normalized spacial score (nSPS) is 19.6. The van der Waals surface area contributed by atoms with Crippen LogP contribution in [0.4, 0.5) is 0 Å². The Bertz CT molecular complexity index is 1170. The molecule has 37 heavy (non-hydrogen) atoms. The summed E-state index contributed by atoms with van der Waals surface area (Å²) in [6.07, 6.45) is 1.42. The summed E-state index contributed by atoms with van der Waals surface area (Å²) in [5.41, 5.74) is 2.13. The molecule has 4 rings (SSSR count). The number of aromatic nitrogens is 1. The predicted molar refractivity (Wildman–Crippen MR) is 140 cm³/mol. The summed E-state index contributed by atoms with van der Waals surface area (Å²) in [6.45, 7) is 6.41. The van der Waals surface area contributed by atoms with Crippen LogP contribution < -0.4 is 14.2 Å². The van der Waals surface area contributed by atoms with Gasteiger partial charge in [-0.2, -0.15) is 0 Å². The molecular weight excluding hydrogens is 472 g/mol. The van der Waals surface area contributed by atoms with Crippen LogP contribution in [0.3, 0.4) is 0 Å². The largest absolute Gasteiger partial charge is 0.472 e. The molecule has 0 saturated carbocycles. The molecule has 0 unspecified atom stereocenters. The van der Waals surface area contributed by atoms with Crippen molar-refractivity contribution in [2.75, 3.05) is 54.2 Å². The summed E-state index contributed by atoms with van der Waals surface area (Å²) in [6, 6.07) is 7.37. The number of fused-ring (bicyclic) bond motifs is 2. The smallest absolute Gasteiger partial charge is 0.259 e. The molecule has 1 aromatic carbocycles. The van der Waals surface area contributed by atoms with Crippen molar-refractivity contribution in [2.45, 2.75) is 32.5 Å². The van der Waals surface area contributed by atoms with Gasteiger partial charge in [0.05, 0.1) is 19.2 Å². The Labute approximate surface area is 218 Å². The van der Waals surface area contributed by atoms with Crippen LogP contribution in [0.2, 0.25) is 0 Å². The topological polar surface area (TPSA) is 87.6 Å². The zero-order valence-corrected chi connectivity index (χ0v) is 22.2. The number of rotatable bonds is 7. The fraction of sp³-hybridized carbons (Fsp3) is 0.500. The van der Waals surface area contributed by atoms with Gasteiger partial charge in [-0.1, -0.05) is 24.8 Å². The highest BCUT2D eigenvalue weighted by Crippen LogP contribution is 2.33. The Balaban J connectivity index is 1.57. The van der Waals surface area contributed by atoms with Crippen molar-refractivity contribution in [3.8, 4) is 29.2 Å². The van der Waals surface area contributed by atoms with E-state index in [4.69, 9.17) is 14.2 Å². The standard InChI is InChI=1S/C28H36N4O5/c1-19-14-32(20(2)17-33)28(34)23-11-21(7-6-10-30(3)4)13-29-27(23)37-26(19)16-31(5)15-22-8-9-24-25(12-22)36-18-35-24/h8-9,11-13,19-20,26,33H,10,14-18H2,1-5H3/t19-,20+,26+/m0/s1. The van der Waals surface area contributed by atoms with E-state index in [9.17, 15) is 9.90 Å². The number of pyridine rings is 1. The number of likely N-dealkylation sites (N-methyl/N-ethyl adjacent to an activating group) is 1. The zero-order chi connectivity index (χ0) is 26.5. The third kappa shape index (κ3) is 6.52. The van der Waals surface area contributed by atoms with Gasteiger partial charge in [0.1, 0.15) is 11.7 Å². The maximum atomic E-state index is 13.5. The van der Waals surface area contributed by atoms with Gasteiger partial charge >= 0.3 is 0 Å². The van der Waals surface area contributed by atoms with Gasteiger partial charge < -0.3 is 24.2 Å². The molecule has 2 aliphatic rings. The molecule has 1 aromatic heterocycles. The fourth-order valence-corrected chi connectivity index (χ4v) is 4.41. The van der Waals surface area contributed by atoms with Crippen molar-refractivity contribution in [2.24, 2.45) is 5.92 Å². The molecule has 1 amide bonds. The molecular formula is C28H36N4O5. The van der Waals surface area contributed by atoms with Crippen LogP contribution in [-0.4, -0.2) is 97.0 Å². The van der Waals surface area contributed by atoms with E-state index in [0.29, 0.717) is 43.2 Å². The van der Waals surface area contributed by atoms with E-state index in [2.05, 4.69) is 28.6 Å². The summed E-state index contributed by atoms with van der Waals surface area (Å²) in [4.78, 5) is 23.9. The highest BCUT2D eigenvalue weighted by atomic mass is 16.7. The summed E-state index contributed by atoms with van der Waals surface area (Å²) >= 11 is 0. The molecule has 198 valence electrons. The van der Waals surface area contributed by atoms with E-state index in [1.54, 1.807) is 17.2 Å². The molecule has 1 N–H and O–H groups in total. The number of aliphatic hydroxyl groups is 1. The molecule has 0 aliphatic carbocycles. The summed E-state index contributed by atoms with van der Waals surface area (Å²) < 4.78 is 17.3. The van der Waals surface area contributed by atoms with Crippen molar-refractivity contribution in [1.82, 2.24) is 19.7 Å². The van der Waals surface area contributed by atoms with E-state index in [-0.39, 0.29) is 37.4 Å². The maximum Gasteiger partial charge on any atom is 0.259 e. The van der Waals surface area contributed by atoms with Crippen molar-refractivity contribution < 1.29 is 24.1 Å². The van der Waals surface area contributed by atoms with E-state index in [1.807, 2.05) is 51.2 Å². The molecule has 2 aliphatic heterocycles. The first-order chi connectivity index (χ1) is 17.7. The average molecular weight is 509 g/mol. The van der Waals surface area contributed by atoms with Crippen LogP contribution in [0.15, 0.2) is 30.5 Å². The van der Waals surface area contributed by atoms with Crippen molar-refractivity contribution >= 4 is 5.91 Å². The van der Waals surface area contributed by atoms with E-state index in [0.717, 1.165) is 17.1 Å². The number of carbonyl (C=O) groups excluding carboxylic acids is 1. The number of hydrogen-bond donors (Lipinski definition) is 1. The lowest BCUT2D eigenvalue weighted by atomic mass is 9.99. The van der Waals surface area contributed by atoms with Crippen molar-refractivity contribution in [1.29, 1.82) is 0 Å². The van der Waals surface area contributed by atoms with Crippen LogP contribution in [-0.2, 0) is 6.54 Å². The number of benzene rings is 1. The van der Waals surface area contributed by atoms with E-state index >= 15 is 0 Å². The Kier molecular flexibility index (Phi) is 8.54. The Morgan fingerprint density at radius 1 is 1.22 bits per heavy atom. The highest BCUT2D eigenvalue weighted by molar-refractivity contribution is 5.97. The van der Waals surface area contributed by atoms with Gasteiger partial charge in [0.15, 0.2) is 11.5 Å². The van der Waals surface area contributed by atoms with E-state index in [1.165, 1.54) is 0 Å². The van der Waals surface area contributed by atoms with Crippen LogP contribution in [0.25, 0.3) is 0 Å². The van der Waals surface area contributed by atoms with Gasteiger partial charge in [0, 0.05) is 37.3 Å². The molecule has 0 radical (unpaired) electrons. The van der Waals surface area contributed by atoms with Crippen LogP contribution in [0, 0.1) is 17.8 Å². The molecule has 0 saturated heterocycles. The minimum atomic E-state index is -0.337. The number of nitrogens with zero attached hydrogens (tertiary/aromatic N) is 4. The summed E-state index contributed by atoms with van der Waals surface area (Å²) in [7, 11) is 5.93. The van der Waals surface area contributed by atoms with Crippen LogP contribution in [0.5, 0.6) is 17.4 Å². The minimum absolute atomic E-state index is 0.00617. The number of hydrogen-bond acceptors (Lipinski definition) is 8. The van der Waals surface area contributed by atoms with Crippen molar-refractivity contribution in [3.63, 3.8) is 0 Å². The Hall–Kier alpha value is -3.32. The van der Waals surface area contributed by atoms with Gasteiger partial charge in [-0.3, -0.25) is 14.6 Å².